The zero-order valence-electron chi connectivity index (χ0n) is 8.16. The van der Waals surface area contributed by atoms with E-state index < -0.39 is 0 Å². The van der Waals surface area contributed by atoms with Gasteiger partial charge in [0.1, 0.15) is 0 Å². The summed E-state index contributed by atoms with van der Waals surface area (Å²) in [7, 11) is 0. The van der Waals surface area contributed by atoms with Crippen LogP contribution in [0.25, 0.3) is 0 Å². The molecule has 0 saturated carbocycles. The average molecular weight is 178 g/mol. The van der Waals surface area contributed by atoms with Crippen molar-refractivity contribution in [3.05, 3.63) is 35.9 Å². The quantitative estimate of drug-likeness (QED) is 0.693. The molecule has 0 radical (unpaired) electrons. The average Bonchev–Trinajstić information content (AvgIpc) is 2.17. The van der Waals surface area contributed by atoms with Crippen LogP contribution in [0.4, 0.5) is 0 Å². The molecule has 13 heavy (non-hydrogen) atoms. The summed E-state index contributed by atoms with van der Waals surface area (Å²) in [6.07, 6.45) is 0. The standard InChI is InChI=1S/C11H15NO/c1-8(2)10(12)11(13)9-6-4-3-5-7-9/h3-8,10H,12H2,1-2H3/p+1/t10-/m1/s1. The molecule has 0 amide bonds. The van der Waals surface area contributed by atoms with Gasteiger partial charge in [-0.05, 0) is 0 Å². The van der Waals surface area contributed by atoms with E-state index in [1.54, 1.807) is 0 Å². The number of Topliss-reactive ketones (excluding diaryl/α,β-unsaturated/α-hetero) is 1. The van der Waals surface area contributed by atoms with Crippen molar-refractivity contribution < 1.29 is 10.5 Å². The Morgan fingerprint density at radius 3 is 2.23 bits per heavy atom. The van der Waals surface area contributed by atoms with E-state index in [4.69, 9.17) is 0 Å². The van der Waals surface area contributed by atoms with Crippen LogP contribution in [-0.2, 0) is 0 Å². The molecule has 0 aliphatic carbocycles. The summed E-state index contributed by atoms with van der Waals surface area (Å²) in [5, 5.41) is 0. The van der Waals surface area contributed by atoms with Crippen molar-refractivity contribution in [2.45, 2.75) is 19.9 Å². The SMILES string of the molecule is CC(C)[C@@H]([NH3+])C(=O)c1ccccc1. The zero-order chi connectivity index (χ0) is 9.84. The van der Waals surface area contributed by atoms with E-state index in [-0.39, 0.29) is 11.8 Å². The summed E-state index contributed by atoms with van der Waals surface area (Å²) in [6.45, 7) is 4.02. The maximum absolute atomic E-state index is 11.7. The maximum atomic E-state index is 11.7. The van der Waals surface area contributed by atoms with Crippen LogP contribution in [0, 0.1) is 5.92 Å². The molecule has 0 aliphatic heterocycles. The third-order valence-corrected chi connectivity index (χ3v) is 2.20. The molecule has 2 nitrogen and oxygen atoms in total. The third kappa shape index (κ3) is 2.39. The number of quaternary nitrogens is 1. The van der Waals surface area contributed by atoms with E-state index in [2.05, 4.69) is 5.73 Å². The third-order valence-electron chi connectivity index (χ3n) is 2.20. The van der Waals surface area contributed by atoms with Gasteiger partial charge in [0.25, 0.3) is 0 Å². The summed E-state index contributed by atoms with van der Waals surface area (Å²) in [5.74, 6) is 0.434. The van der Waals surface area contributed by atoms with Gasteiger partial charge < -0.3 is 5.73 Å². The van der Waals surface area contributed by atoms with E-state index in [1.807, 2.05) is 44.2 Å². The lowest BCUT2D eigenvalue weighted by atomic mass is 9.96. The molecule has 0 aliphatic rings. The Kier molecular flexibility index (Phi) is 3.20. The van der Waals surface area contributed by atoms with E-state index in [0.717, 1.165) is 5.56 Å². The molecule has 0 spiro atoms. The Balaban J connectivity index is 2.80. The Bertz CT molecular complexity index is 279. The van der Waals surface area contributed by atoms with Crippen molar-refractivity contribution >= 4 is 5.78 Å². The number of carbonyl (C=O) groups is 1. The van der Waals surface area contributed by atoms with Crippen molar-refractivity contribution in [1.82, 2.24) is 0 Å². The molecule has 1 aromatic rings. The molecule has 2 heteroatoms. The first-order valence-corrected chi connectivity index (χ1v) is 4.55. The second-order valence-corrected chi connectivity index (χ2v) is 3.58. The molecular weight excluding hydrogens is 162 g/mol. The smallest absolute Gasteiger partial charge is 0.220 e. The Morgan fingerprint density at radius 2 is 1.77 bits per heavy atom. The minimum Gasteiger partial charge on any atom is -0.348 e. The minimum atomic E-state index is -0.137. The molecule has 1 atom stereocenters. The first-order chi connectivity index (χ1) is 6.13. The lowest BCUT2D eigenvalue weighted by molar-refractivity contribution is -0.409. The lowest BCUT2D eigenvalue weighted by Gasteiger charge is -2.10. The van der Waals surface area contributed by atoms with Crippen LogP contribution >= 0.6 is 0 Å². The van der Waals surface area contributed by atoms with Gasteiger partial charge in [-0.25, -0.2) is 0 Å². The maximum Gasteiger partial charge on any atom is 0.220 e. The summed E-state index contributed by atoms with van der Waals surface area (Å²) < 4.78 is 0. The molecule has 70 valence electrons. The monoisotopic (exact) mass is 178 g/mol. The highest BCUT2D eigenvalue weighted by atomic mass is 16.1. The van der Waals surface area contributed by atoms with Gasteiger partial charge in [0.05, 0.1) is 0 Å². The van der Waals surface area contributed by atoms with Crippen LogP contribution in [0.1, 0.15) is 24.2 Å². The van der Waals surface area contributed by atoms with Gasteiger partial charge in [0.15, 0.2) is 6.04 Å². The number of rotatable bonds is 3. The van der Waals surface area contributed by atoms with E-state index >= 15 is 0 Å². The molecule has 0 fully saturated rings. The Morgan fingerprint density at radius 1 is 1.23 bits per heavy atom. The fourth-order valence-electron chi connectivity index (χ4n) is 1.12. The van der Waals surface area contributed by atoms with Crippen molar-refractivity contribution in [2.75, 3.05) is 0 Å². The molecule has 3 N–H and O–H groups in total. The number of carbonyl (C=O) groups excluding carboxylic acids is 1. The highest BCUT2D eigenvalue weighted by Crippen LogP contribution is 2.06. The molecule has 1 rings (SSSR count). The van der Waals surface area contributed by atoms with Gasteiger partial charge in [0, 0.05) is 11.5 Å². The molecular formula is C11H16NO+. The predicted octanol–water partition coefficient (Wildman–Crippen LogP) is 1.14. The highest BCUT2D eigenvalue weighted by Gasteiger charge is 2.21. The fraction of sp³-hybridized carbons (Fsp3) is 0.364. The second-order valence-electron chi connectivity index (χ2n) is 3.58. The van der Waals surface area contributed by atoms with Crippen LogP contribution in [0.3, 0.4) is 0 Å². The van der Waals surface area contributed by atoms with Crippen molar-refractivity contribution in [2.24, 2.45) is 5.92 Å². The fourth-order valence-corrected chi connectivity index (χ4v) is 1.12. The molecule has 0 heterocycles. The number of hydrogen-bond acceptors (Lipinski definition) is 1. The van der Waals surface area contributed by atoms with Crippen LogP contribution in [0.2, 0.25) is 0 Å². The normalized spacial score (nSPS) is 12.9. The van der Waals surface area contributed by atoms with Gasteiger partial charge in [-0.2, -0.15) is 0 Å². The Hall–Kier alpha value is -1.15. The lowest BCUT2D eigenvalue weighted by Crippen LogP contribution is -2.67. The van der Waals surface area contributed by atoms with Gasteiger partial charge in [-0.1, -0.05) is 44.2 Å². The van der Waals surface area contributed by atoms with Crippen molar-refractivity contribution in [3.8, 4) is 0 Å². The molecule has 0 aromatic heterocycles. The summed E-state index contributed by atoms with van der Waals surface area (Å²) >= 11 is 0. The van der Waals surface area contributed by atoms with E-state index in [1.165, 1.54) is 0 Å². The predicted molar refractivity (Wildman–Crippen MR) is 52.3 cm³/mol. The number of hydrogen-bond donors (Lipinski definition) is 1. The van der Waals surface area contributed by atoms with E-state index in [9.17, 15) is 4.79 Å². The van der Waals surface area contributed by atoms with Crippen molar-refractivity contribution in [1.29, 1.82) is 0 Å². The van der Waals surface area contributed by atoms with Gasteiger partial charge in [-0.15, -0.1) is 0 Å². The van der Waals surface area contributed by atoms with Gasteiger partial charge in [-0.3, -0.25) is 4.79 Å². The van der Waals surface area contributed by atoms with Gasteiger partial charge >= 0.3 is 0 Å². The number of ketones is 1. The molecule has 1 aromatic carbocycles. The molecule has 0 bridgehead atoms. The zero-order valence-corrected chi connectivity index (χ0v) is 8.16. The number of benzene rings is 1. The topological polar surface area (TPSA) is 44.7 Å². The first kappa shape index (κ1) is 9.93. The Labute approximate surface area is 78.8 Å². The second kappa shape index (κ2) is 4.19. The minimum absolute atomic E-state index is 0.135. The first-order valence-electron chi connectivity index (χ1n) is 4.55. The van der Waals surface area contributed by atoms with E-state index in [0.29, 0.717) is 5.92 Å². The van der Waals surface area contributed by atoms with Crippen LogP contribution in [0.5, 0.6) is 0 Å². The van der Waals surface area contributed by atoms with Gasteiger partial charge in [0.2, 0.25) is 5.78 Å². The van der Waals surface area contributed by atoms with Crippen molar-refractivity contribution in [3.63, 3.8) is 0 Å². The summed E-state index contributed by atoms with van der Waals surface area (Å²) in [4.78, 5) is 11.7. The summed E-state index contributed by atoms with van der Waals surface area (Å²) in [5.41, 5.74) is 4.62. The summed E-state index contributed by atoms with van der Waals surface area (Å²) in [6, 6.07) is 9.19. The molecule has 0 unspecified atom stereocenters. The van der Waals surface area contributed by atoms with Crippen LogP contribution in [-0.4, -0.2) is 11.8 Å². The van der Waals surface area contributed by atoms with Crippen LogP contribution < -0.4 is 5.73 Å². The molecule has 0 saturated heterocycles. The van der Waals surface area contributed by atoms with Crippen LogP contribution in [0.15, 0.2) is 30.3 Å². The largest absolute Gasteiger partial charge is 0.348 e. The highest BCUT2D eigenvalue weighted by molar-refractivity contribution is 5.99.